The fourth-order valence-corrected chi connectivity index (χ4v) is 4.81. The Bertz CT molecular complexity index is 340. The molecule has 0 amide bonds. The quantitative estimate of drug-likeness (QED) is 0.600. The molecule has 2 atom stereocenters. The Labute approximate surface area is 110 Å². The van der Waals surface area contributed by atoms with Crippen LogP contribution in [0.2, 0.25) is 5.02 Å². The molecule has 1 aromatic heterocycles. The lowest BCUT2D eigenvalue weighted by molar-refractivity contribution is 0.557. The van der Waals surface area contributed by atoms with Gasteiger partial charge in [-0.05, 0) is 39.8 Å². The topological polar surface area (TPSA) is 0 Å². The Morgan fingerprint density at radius 3 is 2.57 bits per heavy atom. The SMILES string of the molecule is CC1(C)CC1C(Br)c1cc(Cl)c(Br)s1. The molecule has 1 aliphatic rings. The number of rotatable bonds is 2. The molecule has 1 fully saturated rings. The van der Waals surface area contributed by atoms with E-state index in [0.717, 1.165) is 14.7 Å². The van der Waals surface area contributed by atoms with E-state index in [1.54, 1.807) is 11.3 Å². The van der Waals surface area contributed by atoms with Gasteiger partial charge in [0.2, 0.25) is 0 Å². The lowest BCUT2D eigenvalue weighted by atomic mass is 10.1. The van der Waals surface area contributed by atoms with Crippen LogP contribution < -0.4 is 0 Å². The maximum atomic E-state index is 6.01. The van der Waals surface area contributed by atoms with E-state index in [2.05, 4.69) is 51.8 Å². The third-order valence-electron chi connectivity index (χ3n) is 2.88. The fourth-order valence-electron chi connectivity index (χ4n) is 1.70. The number of alkyl halides is 1. The second-order valence-corrected chi connectivity index (χ2v) is 8.27. The fraction of sp³-hybridized carbons (Fsp3) is 0.600. The van der Waals surface area contributed by atoms with Gasteiger partial charge >= 0.3 is 0 Å². The van der Waals surface area contributed by atoms with Crippen LogP contribution in [0.5, 0.6) is 0 Å². The van der Waals surface area contributed by atoms with Gasteiger partial charge in [-0.3, -0.25) is 0 Å². The van der Waals surface area contributed by atoms with E-state index in [0.29, 0.717) is 10.2 Å². The summed E-state index contributed by atoms with van der Waals surface area (Å²) >= 11 is 15.0. The van der Waals surface area contributed by atoms with Gasteiger partial charge in [0, 0.05) is 4.88 Å². The predicted molar refractivity (Wildman–Crippen MR) is 70.6 cm³/mol. The molecule has 1 heterocycles. The van der Waals surface area contributed by atoms with Gasteiger partial charge in [0.05, 0.1) is 13.6 Å². The van der Waals surface area contributed by atoms with Crippen molar-refractivity contribution in [3.05, 3.63) is 19.8 Å². The van der Waals surface area contributed by atoms with Crippen LogP contribution in [0.15, 0.2) is 9.85 Å². The summed E-state index contributed by atoms with van der Waals surface area (Å²) in [5.74, 6) is 0.754. The molecule has 4 heteroatoms. The number of halogens is 3. The summed E-state index contributed by atoms with van der Waals surface area (Å²) in [6.45, 7) is 4.63. The summed E-state index contributed by atoms with van der Waals surface area (Å²) in [4.78, 5) is 1.80. The highest BCUT2D eigenvalue weighted by molar-refractivity contribution is 9.11. The largest absolute Gasteiger partial charge is 0.130 e. The summed E-state index contributed by atoms with van der Waals surface area (Å²) < 4.78 is 1.04. The molecule has 0 nitrogen and oxygen atoms in total. The second-order valence-electron chi connectivity index (χ2n) is 4.47. The first-order valence-electron chi connectivity index (χ1n) is 4.50. The minimum atomic E-state index is 0.464. The van der Waals surface area contributed by atoms with Gasteiger partial charge in [0.1, 0.15) is 0 Å². The van der Waals surface area contributed by atoms with Crippen LogP contribution in [-0.4, -0.2) is 0 Å². The Balaban J connectivity index is 2.16. The molecule has 14 heavy (non-hydrogen) atoms. The predicted octanol–water partition coefficient (Wildman–Crippen LogP) is 5.65. The lowest BCUT2D eigenvalue weighted by Gasteiger charge is -2.08. The molecule has 0 aliphatic heterocycles. The van der Waals surface area contributed by atoms with Crippen LogP contribution in [0.1, 0.15) is 30.0 Å². The Morgan fingerprint density at radius 1 is 1.64 bits per heavy atom. The molecule has 1 aromatic rings. The first-order chi connectivity index (χ1) is 6.42. The van der Waals surface area contributed by atoms with Crippen LogP contribution in [0.25, 0.3) is 0 Å². The van der Waals surface area contributed by atoms with E-state index in [-0.39, 0.29) is 0 Å². The van der Waals surface area contributed by atoms with Crippen LogP contribution in [0, 0.1) is 11.3 Å². The molecule has 2 rings (SSSR count). The third kappa shape index (κ3) is 2.06. The van der Waals surface area contributed by atoms with Crippen molar-refractivity contribution in [3.8, 4) is 0 Å². The third-order valence-corrected chi connectivity index (χ3v) is 6.87. The zero-order valence-electron chi connectivity index (χ0n) is 7.98. The highest BCUT2D eigenvalue weighted by Gasteiger charge is 2.50. The summed E-state index contributed by atoms with van der Waals surface area (Å²) in [6.07, 6.45) is 1.30. The molecule has 0 radical (unpaired) electrons. The summed E-state index contributed by atoms with van der Waals surface area (Å²) in [6, 6.07) is 2.06. The van der Waals surface area contributed by atoms with Crippen molar-refractivity contribution in [2.24, 2.45) is 11.3 Å². The highest BCUT2D eigenvalue weighted by Crippen LogP contribution is 2.61. The van der Waals surface area contributed by atoms with E-state index >= 15 is 0 Å². The molecular weight excluding hydrogens is 347 g/mol. The van der Waals surface area contributed by atoms with Crippen molar-refractivity contribution >= 4 is 54.8 Å². The Morgan fingerprint density at radius 2 is 2.21 bits per heavy atom. The van der Waals surface area contributed by atoms with Crippen molar-refractivity contribution < 1.29 is 0 Å². The molecule has 0 aromatic carbocycles. The van der Waals surface area contributed by atoms with Crippen LogP contribution in [0.3, 0.4) is 0 Å². The average molecular weight is 359 g/mol. The highest BCUT2D eigenvalue weighted by atomic mass is 79.9. The van der Waals surface area contributed by atoms with E-state index in [1.807, 2.05) is 0 Å². The maximum absolute atomic E-state index is 6.01. The van der Waals surface area contributed by atoms with Crippen molar-refractivity contribution in [2.75, 3.05) is 0 Å². The Hall–Kier alpha value is 0.950. The molecular formula is C10H11Br2ClS. The van der Waals surface area contributed by atoms with Crippen LogP contribution in [-0.2, 0) is 0 Å². The van der Waals surface area contributed by atoms with Crippen molar-refractivity contribution in [1.82, 2.24) is 0 Å². The summed E-state index contributed by atoms with van der Waals surface area (Å²) in [5.41, 5.74) is 0.497. The molecule has 0 N–H and O–H groups in total. The zero-order chi connectivity index (χ0) is 10.5. The van der Waals surface area contributed by atoms with E-state index in [9.17, 15) is 0 Å². The van der Waals surface area contributed by atoms with Gasteiger partial charge < -0.3 is 0 Å². The van der Waals surface area contributed by atoms with Crippen LogP contribution >= 0.6 is 54.8 Å². The molecule has 78 valence electrons. The van der Waals surface area contributed by atoms with Crippen molar-refractivity contribution in [2.45, 2.75) is 25.1 Å². The summed E-state index contributed by atoms with van der Waals surface area (Å²) in [5, 5.41) is 0.827. The van der Waals surface area contributed by atoms with E-state index in [4.69, 9.17) is 11.6 Å². The molecule has 0 saturated heterocycles. The average Bonchev–Trinajstić information content (AvgIpc) is 2.59. The van der Waals surface area contributed by atoms with Crippen molar-refractivity contribution in [1.29, 1.82) is 0 Å². The lowest BCUT2D eigenvalue weighted by Crippen LogP contribution is -1.96. The zero-order valence-corrected chi connectivity index (χ0v) is 12.7. The van der Waals surface area contributed by atoms with E-state index < -0.39 is 0 Å². The first-order valence-corrected chi connectivity index (χ1v) is 7.41. The minimum Gasteiger partial charge on any atom is -0.130 e. The second kappa shape index (κ2) is 3.76. The number of hydrogen-bond acceptors (Lipinski definition) is 1. The van der Waals surface area contributed by atoms with Gasteiger partial charge in [-0.25, -0.2) is 0 Å². The Kier molecular flexibility index (Phi) is 3.07. The molecule has 2 unspecified atom stereocenters. The smallest absolute Gasteiger partial charge is 0.0887 e. The normalized spacial score (nSPS) is 26.2. The number of hydrogen-bond donors (Lipinski definition) is 0. The molecule has 0 spiro atoms. The number of thiophene rings is 1. The monoisotopic (exact) mass is 356 g/mol. The van der Waals surface area contributed by atoms with Gasteiger partial charge in [0.15, 0.2) is 0 Å². The minimum absolute atomic E-state index is 0.464. The van der Waals surface area contributed by atoms with Gasteiger partial charge in [-0.15, -0.1) is 11.3 Å². The van der Waals surface area contributed by atoms with E-state index in [1.165, 1.54) is 11.3 Å². The standard InChI is InChI=1S/C10H11Br2ClS/c1-10(2)4-5(10)8(11)7-3-6(13)9(12)14-7/h3,5,8H,4H2,1-2H3. The molecule has 1 aliphatic carbocycles. The van der Waals surface area contributed by atoms with Crippen molar-refractivity contribution in [3.63, 3.8) is 0 Å². The maximum Gasteiger partial charge on any atom is 0.0887 e. The van der Waals surface area contributed by atoms with Gasteiger partial charge in [-0.1, -0.05) is 41.4 Å². The summed E-state index contributed by atoms with van der Waals surface area (Å²) in [7, 11) is 0. The van der Waals surface area contributed by atoms with Gasteiger partial charge in [-0.2, -0.15) is 0 Å². The molecule has 0 bridgehead atoms. The first kappa shape index (κ1) is 11.4. The van der Waals surface area contributed by atoms with Gasteiger partial charge in [0.25, 0.3) is 0 Å². The molecule has 1 saturated carbocycles. The van der Waals surface area contributed by atoms with Crippen LogP contribution in [0.4, 0.5) is 0 Å².